The van der Waals surface area contributed by atoms with Gasteiger partial charge in [-0.15, -0.1) is 11.3 Å². The molecule has 5 nitrogen and oxygen atoms in total. The number of aromatic nitrogens is 1. The van der Waals surface area contributed by atoms with Crippen LogP contribution in [0.4, 0.5) is 9.93 Å². The van der Waals surface area contributed by atoms with Crippen LogP contribution in [0, 0.1) is 0 Å². The number of nitrogens with zero attached hydrogens (tertiary/aromatic N) is 3. The molecule has 2 heterocycles. The molecule has 0 spiro atoms. The first-order chi connectivity index (χ1) is 9.87. The van der Waals surface area contributed by atoms with Crippen molar-refractivity contribution in [3.63, 3.8) is 0 Å². The molecule has 1 amide bonds. The number of ether oxygens (including phenoxy) is 1. The summed E-state index contributed by atoms with van der Waals surface area (Å²) >= 11 is 1.62. The van der Waals surface area contributed by atoms with E-state index >= 15 is 0 Å². The van der Waals surface area contributed by atoms with Crippen molar-refractivity contribution in [1.29, 1.82) is 0 Å². The molecule has 21 heavy (non-hydrogen) atoms. The van der Waals surface area contributed by atoms with Crippen LogP contribution in [-0.2, 0) is 4.74 Å². The van der Waals surface area contributed by atoms with E-state index < -0.39 is 5.60 Å². The highest BCUT2D eigenvalue weighted by atomic mass is 32.1. The summed E-state index contributed by atoms with van der Waals surface area (Å²) in [5.41, 5.74) is -0.444. The Hall–Kier alpha value is -1.30. The SMILES string of the molecule is CN(CC1CCCCN1C(=O)OC(C)(C)C)c1nccs1. The highest BCUT2D eigenvalue weighted by Gasteiger charge is 2.31. The van der Waals surface area contributed by atoms with Crippen LogP contribution in [0.5, 0.6) is 0 Å². The number of hydrogen-bond donors (Lipinski definition) is 0. The fourth-order valence-electron chi connectivity index (χ4n) is 2.55. The van der Waals surface area contributed by atoms with Crippen molar-refractivity contribution in [2.45, 2.75) is 51.7 Å². The van der Waals surface area contributed by atoms with E-state index in [-0.39, 0.29) is 12.1 Å². The van der Waals surface area contributed by atoms with E-state index in [1.807, 2.05) is 44.3 Å². The van der Waals surface area contributed by atoms with Crippen molar-refractivity contribution < 1.29 is 9.53 Å². The molecule has 0 aliphatic carbocycles. The summed E-state index contributed by atoms with van der Waals surface area (Å²) < 4.78 is 5.54. The van der Waals surface area contributed by atoms with Gasteiger partial charge in [-0.2, -0.15) is 0 Å². The number of hydrogen-bond acceptors (Lipinski definition) is 5. The van der Waals surface area contributed by atoms with Crippen LogP contribution in [0.1, 0.15) is 40.0 Å². The zero-order valence-corrected chi connectivity index (χ0v) is 14.2. The fraction of sp³-hybridized carbons (Fsp3) is 0.733. The Bertz CT molecular complexity index is 456. The number of likely N-dealkylation sites (tertiary alicyclic amines) is 1. The molecule has 1 atom stereocenters. The maximum Gasteiger partial charge on any atom is 0.410 e. The quantitative estimate of drug-likeness (QED) is 0.858. The number of anilines is 1. The first-order valence-corrected chi connectivity index (χ1v) is 8.35. The van der Waals surface area contributed by atoms with Crippen LogP contribution >= 0.6 is 11.3 Å². The average Bonchev–Trinajstić information content (AvgIpc) is 2.91. The van der Waals surface area contributed by atoms with Crippen LogP contribution in [0.15, 0.2) is 11.6 Å². The van der Waals surface area contributed by atoms with E-state index in [4.69, 9.17) is 4.74 Å². The molecule has 6 heteroatoms. The van der Waals surface area contributed by atoms with E-state index in [0.717, 1.165) is 37.5 Å². The van der Waals surface area contributed by atoms with E-state index in [9.17, 15) is 4.79 Å². The predicted molar refractivity (Wildman–Crippen MR) is 86.0 cm³/mol. The van der Waals surface area contributed by atoms with Crippen molar-refractivity contribution in [2.75, 3.05) is 25.0 Å². The number of likely N-dealkylation sites (N-methyl/N-ethyl adjacent to an activating group) is 1. The second-order valence-electron chi connectivity index (χ2n) is 6.52. The summed E-state index contributed by atoms with van der Waals surface area (Å²) in [6.45, 7) is 7.31. The lowest BCUT2D eigenvalue weighted by atomic mass is 10.0. The van der Waals surface area contributed by atoms with Crippen LogP contribution in [-0.4, -0.2) is 47.8 Å². The maximum absolute atomic E-state index is 12.4. The van der Waals surface area contributed by atoms with E-state index in [1.54, 1.807) is 11.3 Å². The molecule has 1 aliphatic heterocycles. The van der Waals surface area contributed by atoms with Gasteiger partial charge in [0.25, 0.3) is 0 Å². The summed E-state index contributed by atoms with van der Waals surface area (Å²) in [5, 5.41) is 2.96. The summed E-state index contributed by atoms with van der Waals surface area (Å²) in [5.74, 6) is 0. The predicted octanol–water partition coefficient (Wildman–Crippen LogP) is 3.37. The van der Waals surface area contributed by atoms with Gasteiger partial charge in [-0.1, -0.05) is 0 Å². The first kappa shape index (κ1) is 16.1. The fourth-order valence-corrected chi connectivity index (χ4v) is 3.17. The highest BCUT2D eigenvalue weighted by molar-refractivity contribution is 7.13. The number of rotatable bonds is 3. The molecule has 1 aromatic heterocycles. The van der Waals surface area contributed by atoms with Gasteiger partial charge in [-0.3, -0.25) is 0 Å². The third kappa shape index (κ3) is 4.59. The molecule has 0 aromatic carbocycles. The minimum atomic E-state index is -0.444. The lowest BCUT2D eigenvalue weighted by Crippen LogP contribution is -2.50. The van der Waals surface area contributed by atoms with Crippen molar-refractivity contribution in [3.05, 3.63) is 11.6 Å². The summed E-state index contributed by atoms with van der Waals surface area (Å²) in [6, 6.07) is 0.197. The molecule has 1 fully saturated rings. The Morgan fingerprint density at radius 1 is 1.52 bits per heavy atom. The molecule has 118 valence electrons. The molecule has 0 bridgehead atoms. The molecule has 0 saturated carbocycles. The first-order valence-electron chi connectivity index (χ1n) is 7.47. The van der Waals surface area contributed by atoms with Gasteiger partial charge in [0.05, 0.1) is 6.04 Å². The Labute approximate surface area is 130 Å². The van der Waals surface area contributed by atoms with Crippen molar-refractivity contribution in [1.82, 2.24) is 9.88 Å². The Kier molecular flexibility index (Phi) is 5.08. The molecule has 0 N–H and O–H groups in total. The van der Waals surface area contributed by atoms with Gasteiger partial charge < -0.3 is 14.5 Å². The minimum Gasteiger partial charge on any atom is -0.444 e. The molecule has 1 aromatic rings. The minimum absolute atomic E-state index is 0.195. The zero-order valence-electron chi connectivity index (χ0n) is 13.3. The van der Waals surface area contributed by atoms with Gasteiger partial charge in [0, 0.05) is 31.7 Å². The smallest absolute Gasteiger partial charge is 0.410 e. The lowest BCUT2D eigenvalue weighted by Gasteiger charge is -2.38. The van der Waals surface area contributed by atoms with Gasteiger partial charge in [-0.05, 0) is 40.0 Å². The monoisotopic (exact) mass is 311 g/mol. The Morgan fingerprint density at radius 2 is 2.29 bits per heavy atom. The van der Waals surface area contributed by atoms with Crippen LogP contribution < -0.4 is 4.90 Å². The van der Waals surface area contributed by atoms with Crippen LogP contribution in [0.3, 0.4) is 0 Å². The molecular weight excluding hydrogens is 286 g/mol. The molecule has 1 unspecified atom stereocenters. The second kappa shape index (κ2) is 6.64. The maximum atomic E-state index is 12.4. The number of amides is 1. The standard InChI is InChI=1S/C15H25N3O2S/c1-15(2,3)20-14(19)18-9-6-5-7-12(18)11-17(4)13-16-8-10-21-13/h8,10,12H,5-7,9,11H2,1-4H3. The normalized spacial score (nSPS) is 19.4. The number of piperidine rings is 1. The van der Waals surface area contributed by atoms with Gasteiger partial charge >= 0.3 is 6.09 Å². The van der Waals surface area contributed by atoms with Gasteiger partial charge in [0.1, 0.15) is 5.60 Å². The number of thiazole rings is 1. The van der Waals surface area contributed by atoms with E-state index in [0.29, 0.717) is 0 Å². The van der Waals surface area contributed by atoms with Gasteiger partial charge in [0.2, 0.25) is 0 Å². The summed E-state index contributed by atoms with van der Waals surface area (Å²) in [7, 11) is 2.03. The number of carbonyl (C=O) groups is 1. The average molecular weight is 311 g/mol. The van der Waals surface area contributed by atoms with Crippen molar-refractivity contribution in [3.8, 4) is 0 Å². The summed E-state index contributed by atoms with van der Waals surface area (Å²) in [4.78, 5) is 20.7. The van der Waals surface area contributed by atoms with E-state index in [2.05, 4.69) is 9.88 Å². The van der Waals surface area contributed by atoms with Crippen LogP contribution in [0.25, 0.3) is 0 Å². The third-order valence-corrected chi connectivity index (χ3v) is 4.37. The molecule has 2 rings (SSSR count). The molecule has 1 aliphatic rings. The highest BCUT2D eigenvalue weighted by Crippen LogP contribution is 2.23. The van der Waals surface area contributed by atoms with Gasteiger partial charge in [-0.25, -0.2) is 9.78 Å². The molecular formula is C15H25N3O2S. The second-order valence-corrected chi connectivity index (χ2v) is 7.39. The molecule has 0 radical (unpaired) electrons. The van der Waals surface area contributed by atoms with Crippen molar-refractivity contribution >= 4 is 22.6 Å². The lowest BCUT2D eigenvalue weighted by molar-refractivity contribution is 0.0108. The number of carbonyl (C=O) groups excluding carboxylic acids is 1. The summed E-state index contributed by atoms with van der Waals surface area (Å²) in [6.07, 6.45) is 4.85. The third-order valence-electron chi connectivity index (χ3n) is 3.49. The zero-order chi connectivity index (χ0) is 15.5. The van der Waals surface area contributed by atoms with Gasteiger partial charge in [0.15, 0.2) is 5.13 Å². The molecule has 1 saturated heterocycles. The van der Waals surface area contributed by atoms with E-state index in [1.165, 1.54) is 0 Å². The van der Waals surface area contributed by atoms with Crippen LogP contribution in [0.2, 0.25) is 0 Å². The Balaban J connectivity index is 2.00. The topological polar surface area (TPSA) is 45.7 Å². The Morgan fingerprint density at radius 3 is 2.90 bits per heavy atom. The van der Waals surface area contributed by atoms with Crippen molar-refractivity contribution in [2.24, 2.45) is 0 Å². The largest absolute Gasteiger partial charge is 0.444 e.